The van der Waals surface area contributed by atoms with Gasteiger partial charge < -0.3 is 10.2 Å². The molecule has 1 fully saturated rings. The normalized spacial score (nSPS) is 25.4. The first-order chi connectivity index (χ1) is 8.02. The van der Waals surface area contributed by atoms with Crippen LogP contribution in [0.25, 0.3) is 0 Å². The number of hydrogen-bond acceptors (Lipinski definition) is 2. The molecule has 2 atom stereocenters. The summed E-state index contributed by atoms with van der Waals surface area (Å²) in [4.78, 5) is 14.2. The van der Waals surface area contributed by atoms with Crippen LogP contribution in [-0.2, 0) is 4.79 Å². The van der Waals surface area contributed by atoms with E-state index in [0.717, 1.165) is 19.5 Å². The molecule has 1 saturated heterocycles. The Kier molecular flexibility index (Phi) is 5.96. The zero-order valence-corrected chi connectivity index (χ0v) is 11.8. The van der Waals surface area contributed by atoms with Gasteiger partial charge in [0.2, 0.25) is 5.91 Å². The van der Waals surface area contributed by atoms with Gasteiger partial charge in [-0.2, -0.15) is 0 Å². The number of carbonyl (C=O) groups excluding carboxylic acids is 1. The molecule has 3 nitrogen and oxygen atoms in total. The van der Waals surface area contributed by atoms with Crippen LogP contribution in [0.15, 0.2) is 0 Å². The Morgan fingerprint density at radius 1 is 1.41 bits per heavy atom. The maximum absolute atomic E-state index is 12.1. The zero-order valence-electron chi connectivity index (χ0n) is 11.8. The molecule has 0 aromatic heterocycles. The Bertz CT molecular complexity index is 240. The summed E-state index contributed by atoms with van der Waals surface area (Å²) >= 11 is 0. The fourth-order valence-corrected chi connectivity index (χ4v) is 2.46. The van der Waals surface area contributed by atoms with E-state index in [-0.39, 0.29) is 0 Å². The van der Waals surface area contributed by atoms with E-state index in [2.05, 4.69) is 37.9 Å². The fraction of sp³-hybridized carbons (Fsp3) is 0.929. The second-order valence-corrected chi connectivity index (χ2v) is 5.66. The molecule has 1 heterocycles. The van der Waals surface area contributed by atoms with Crippen LogP contribution < -0.4 is 5.32 Å². The van der Waals surface area contributed by atoms with Crippen LogP contribution in [0.2, 0.25) is 0 Å². The van der Waals surface area contributed by atoms with Crippen molar-refractivity contribution in [3.63, 3.8) is 0 Å². The summed E-state index contributed by atoms with van der Waals surface area (Å²) in [6.07, 6.45) is 4.08. The summed E-state index contributed by atoms with van der Waals surface area (Å²) in [6, 6.07) is 0.938. The highest BCUT2D eigenvalue weighted by Crippen LogP contribution is 2.23. The molecule has 0 aromatic carbocycles. The van der Waals surface area contributed by atoms with Crippen molar-refractivity contribution in [2.45, 2.75) is 65.5 Å². The van der Waals surface area contributed by atoms with Crippen molar-refractivity contribution < 1.29 is 4.79 Å². The predicted molar refractivity (Wildman–Crippen MR) is 71.9 cm³/mol. The van der Waals surface area contributed by atoms with Gasteiger partial charge >= 0.3 is 0 Å². The van der Waals surface area contributed by atoms with Crippen molar-refractivity contribution in [2.24, 2.45) is 5.92 Å². The molecule has 0 saturated carbocycles. The Hall–Kier alpha value is -0.570. The van der Waals surface area contributed by atoms with Gasteiger partial charge in [-0.25, -0.2) is 0 Å². The van der Waals surface area contributed by atoms with Crippen molar-refractivity contribution in [2.75, 3.05) is 13.1 Å². The highest BCUT2D eigenvalue weighted by Gasteiger charge is 2.27. The number of rotatable bonds is 5. The standard InChI is InChI=1S/C14H28N2O/c1-11(2)15-9-5-8-14(17)16-10-6-7-12(3)13(16)4/h11-13,15H,5-10H2,1-4H3. The minimum Gasteiger partial charge on any atom is -0.340 e. The second-order valence-electron chi connectivity index (χ2n) is 5.66. The number of likely N-dealkylation sites (tertiary alicyclic amines) is 1. The van der Waals surface area contributed by atoms with Crippen LogP contribution in [0.4, 0.5) is 0 Å². The third-order valence-electron chi connectivity index (χ3n) is 3.81. The topological polar surface area (TPSA) is 32.3 Å². The van der Waals surface area contributed by atoms with Crippen LogP contribution >= 0.6 is 0 Å². The molecular weight excluding hydrogens is 212 g/mol. The van der Waals surface area contributed by atoms with Gasteiger partial charge in [0.1, 0.15) is 0 Å². The van der Waals surface area contributed by atoms with Gasteiger partial charge in [-0.05, 0) is 38.6 Å². The maximum atomic E-state index is 12.1. The molecular formula is C14H28N2O. The maximum Gasteiger partial charge on any atom is 0.222 e. The van der Waals surface area contributed by atoms with E-state index in [1.165, 1.54) is 12.8 Å². The molecule has 0 radical (unpaired) electrons. The summed E-state index contributed by atoms with van der Waals surface area (Å²) in [6.45, 7) is 10.6. The second kappa shape index (κ2) is 7.00. The third kappa shape index (κ3) is 4.66. The van der Waals surface area contributed by atoms with Crippen LogP contribution in [0.5, 0.6) is 0 Å². The minimum atomic E-state index is 0.342. The molecule has 1 aliphatic heterocycles. The Labute approximate surface area is 106 Å². The Morgan fingerprint density at radius 3 is 2.76 bits per heavy atom. The van der Waals surface area contributed by atoms with Crippen LogP contribution in [-0.4, -0.2) is 36.0 Å². The fourth-order valence-electron chi connectivity index (χ4n) is 2.46. The van der Waals surface area contributed by atoms with Gasteiger partial charge in [-0.1, -0.05) is 20.8 Å². The first kappa shape index (κ1) is 14.5. The van der Waals surface area contributed by atoms with E-state index in [9.17, 15) is 4.79 Å². The SMILES string of the molecule is CC(C)NCCCC(=O)N1CCCC(C)C1C. The van der Waals surface area contributed by atoms with Crippen LogP contribution in [0.1, 0.15) is 53.4 Å². The molecule has 1 rings (SSSR count). The van der Waals surface area contributed by atoms with Crippen molar-refractivity contribution in [3.8, 4) is 0 Å². The average Bonchev–Trinajstić information content (AvgIpc) is 2.27. The van der Waals surface area contributed by atoms with Crippen molar-refractivity contribution in [1.82, 2.24) is 10.2 Å². The van der Waals surface area contributed by atoms with Gasteiger partial charge in [0.05, 0.1) is 0 Å². The van der Waals surface area contributed by atoms with E-state index < -0.39 is 0 Å². The lowest BCUT2D eigenvalue weighted by atomic mass is 9.92. The van der Waals surface area contributed by atoms with Gasteiger partial charge in [0.15, 0.2) is 0 Å². The molecule has 0 bridgehead atoms. The number of piperidine rings is 1. The summed E-state index contributed by atoms with van der Waals surface area (Å²) in [7, 11) is 0. The summed E-state index contributed by atoms with van der Waals surface area (Å²) < 4.78 is 0. The molecule has 17 heavy (non-hydrogen) atoms. The van der Waals surface area contributed by atoms with E-state index in [1.54, 1.807) is 0 Å². The van der Waals surface area contributed by atoms with Crippen molar-refractivity contribution >= 4 is 5.91 Å². The third-order valence-corrected chi connectivity index (χ3v) is 3.81. The molecule has 100 valence electrons. The lowest BCUT2D eigenvalue weighted by molar-refractivity contribution is -0.135. The van der Waals surface area contributed by atoms with E-state index in [0.29, 0.717) is 30.3 Å². The number of carbonyl (C=O) groups is 1. The van der Waals surface area contributed by atoms with E-state index in [1.807, 2.05) is 0 Å². The van der Waals surface area contributed by atoms with Gasteiger partial charge in [-0.3, -0.25) is 4.79 Å². The minimum absolute atomic E-state index is 0.342. The smallest absolute Gasteiger partial charge is 0.222 e. The molecule has 0 aliphatic carbocycles. The van der Waals surface area contributed by atoms with Crippen molar-refractivity contribution in [3.05, 3.63) is 0 Å². The molecule has 1 aliphatic rings. The lowest BCUT2D eigenvalue weighted by Gasteiger charge is -2.38. The summed E-state index contributed by atoms with van der Waals surface area (Å²) in [5, 5.41) is 3.35. The number of nitrogens with zero attached hydrogens (tertiary/aromatic N) is 1. The quantitative estimate of drug-likeness (QED) is 0.749. The average molecular weight is 240 g/mol. The molecule has 1 N–H and O–H groups in total. The number of nitrogens with one attached hydrogen (secondary N) is 1. The van der Waals surface area contributed by atoms with Crippen LogP contribution in [0, 0.1) is 5.92 Å². The number of amides is 1. The molecule has 0 aromatic rings. The number of hydrogen-bond donors (Lipinski definition) is 1. The summed E-state index contributed by atoms with van der Waals surface area (Å²) in [5.41, 5.74) is 0. The monoisotopic (exact) mass is 240 g/mol. The van der Waals surface area contributed by atoms with Gasteiger partial charge in [-0.15, -0.1) is 0 Å². The predicted octanol–water partition coefficient (Wildman–Crippen LogP) is 2.41. The van der Waals surface area contributed by atoms with E-state index >= 15 is 0 Å². The lowest BCUT2D eigenvalue weighted by Crippen LogP contribution is -2.46. The molecule has 1 amide bonds. The Morgan fingerprint density at radius 2 is 2.12 bits per heavy atom. The first-order valence-electron chi connectivity index (χ1n) is 7.05. The first-order valence-corrected chi connectivity index (χ1v) is 7.05. The largest absolute Gasteiger partial charge is 0.340 e. The summed E-state index contributed by atoms with van der Waals surface area (Å²) in [5.74, 6) is 0.996. The zero-order chi connectivity index (χ0) is 12.8. The van der Waals surface area contributed by atoms with Gasteiger partial charge in [0.25, 0.3) is 0 Å². The van der Waals surface area contributed by atoms with Gasteiger partial charge in [0, 0.05) is 25.0 Å². The van der Waals surface area contributed by atoms with E-state index in [4.69, 9.17) is 0 Å². The molecule has 2 unspecified atom stereocenters. The van der Waals surface area contributed by atoms with Crippen molar-refractivity contribution in [1.29, 1.82) is 0 Å². The molecule has 3 heteroatoms. The molecule has 0 spiro atoms. The van der Waals surface area contributed by atoms with Crippen LogP contribution in [0.3, 0.4) is 0 Å². The highest BCUT2D eigenvalue weighted by atomic mass is 16.2. The highest BCUT2D eigenvalue weighted by molar-refractivity contribution is 5.76. The Balaban J connectivity index is 2.27.